The smallest absolute Gasteiger partial charge is 0.266 e. The predicted molar refractivity (Wildman–Crippen MR) is 126 cm³/mol. The van der Waals surface area contributed by atoms with Crippen molar-refractivity contribution < 1.29 is 28.1 Å². The Morgan fingerprint density at radius 2 is 1.97 bits per heavy atom. The standard InChI is InChI=1S/C25H18BrFN2O5/c1-31-22-10-16(9-17(12-28)25(30)29-20-5-3-2-4-19(20)27)18(26)11-24(22)32-13-15-6-7-21-23(8-15)34-14-33-21/h2-11H,13-14H2,1H3,(H,29,30)/b17-9-. The molecule has 0 unspecified atom stereocenters. The molecule has 0 radical (unpaired) electrons. The van der Waals surface area contributed by atoms with E-state index in [4.69, 9.17) is 18.9 Å². The van der Waals surface area contributed by atoms with Crippen molar-refractivity contribution in [2.24, 2.45) is 0 Å². The number of fused-ring (bicyclic) bond motifs is 1. The zero-order valence-corrected chi connectivity index (χ0v) is 19.5. The van der Waals surface area contributed by atoms with Crippen LogP contribution in [0.5, 0.6) is 23.0 Å². The number of amides is 1. The number of hydrogen-bond donors (Lipinski definition) is 1. The highest BCUT2D eigenvalue weighted by Crippen LogP contribution is 2.36. The molecule has 0 fully saturated rings. The third kappa shape index (κ3) is 5.13. The van der Waals surface area contributed by atoms with Gasteiger partial charge in [0.05, 0.1) is 12.8 Å². The Hall–Kier alpha value is -4.03. The first-order valence-electron chi connectivity index (χ1n) is 10.0. The molecule has 7 nitrogen and oxygen atoms in total. The second-order valence-electron chi connectivity index (χ2n) is 7.10. The van der Waals surface area contributed by atoms with Gasteiger partial charge in [0.1, 0.15) is 24.1 Å². The minimum absolute atomic E-state index is 0.0161. The molecule has 0 saturated heterocycles. The second kappa shape index (κ2) is 10.3. The number of nitriles is 1. The van der Waals surface area contributed by atoms with Gasteiger partial charge < -0.3 is 24.3 Å². The lowest BCUT2D eigenvalue weighted by atomic mass is 10.1. The highest BCUT2D eigenvalue weighted by Gasteiger charge is 2.16. The van der Waals surface area contributed by atoms with Crippen LogP contribution in [0.2, 0.25) is 0 Å². The highest BCUT2D eigenvalue weighted by atomic mass is 79.9. The van der Waals surface area contributed by atoms with Gasteiger partial charge in [-0.3, -0.25) is 4.79 Å². The summed E-state index contributed by atoms with van der Waals surface area (Å²) in [5.41, 5.74) is 1.16. The van der Waals surface area contributed by atoms with Crippen LogP contribution < -0.4 is 24.3 Å². The van der Waals surface area contributed by atoms with Crippen molar-refractivity contribution in [3.63, 3.8) is 0 Å². The molecule has 1 aliphatic heterocycles. The predicted octanol–water partition coefficient (Wildman–Crippen LogP) is 5.45. The lowest BCUT2D eigenvalue weighted by Gasteiger charge is -2.13. The van der Waals surface area contributed by atoms with Crippen LogP contribution >= 0.6 is 15.9 Å². The van der Waals surface area contributed by atoms with Gasteiger partial charge in [-0.25, -0.2) is 4.39 Å². The van der Waals surface area contributed by atoms with Crippen LogP contribution in [-0.4, -0.2) is 19.8 Å². The number of carbonyl (C=O) groups is 1. The van der Waals surface area contributed by atoms with Gasteiger partial charge in [0.25, 0.3) is 5.91 Å². The molecule has 4 rings (SSSR count). The fourth-order valence-corrected chi connectivity index (χ4v) is 3.62. The summed E-state index contributed by atoms with van der Waals surface area (Å²) >= 11 is 3.44. The van der Waals surface area contributed by atoms with E-state index >= 15 is 0 Å². The summed E-state index contributed by atoms with van der Waals surface area (Å²) in [5, 5.41) is 11.9. The number of ether oxygens (including phenoxy) is 4. The van der Waals surface area contributed by atoms with E-state index in [2.05, 4.69) is 21.2 Å². The summed E-state index contributed by atoms with van der Waals surface area (Å²) in [6.07, 6.45) is 1.38. The Kier molecular flexibility index (Phi) is 6.99. The van der Waals surface area contributed by atoms with E-state index in [9.17, 15) is 14.4 Å². The molecule has 0 bridgehead atoms. The summed E-state index contributed by atoms with van der Waals surface area (Å²) in [5.74, 6) is 0.877. The van der Waals surface area contributed by atoms with Crippen molar-refractivity contribution in [2.75, 3.05) is 19.2 Å². The number of hydrogen-bond acceptors (Lipinski definition) is 6. The van der Waals surface area contributed by atoms with Crippen molar-refractivity contribution in [1.82, 2.24) is 0 Å². The lowest BCUT2D eigenvalue weighted by molar-refractivity contribution is -0.112. The number of nitrogens with zero attached hydrogens (tertiary/aromatic N) is 1. The van der Waals surface area contributed by atoms with E-state index in [1.54, 1.807) is 18.2 Å². The molecule has 1 N–H and O–H groups in total. The molecule has 1 amide bonds. The molecule has 3 aromatic carbocycles. The van der Waals surface area contributed by atoms with Gasteiger partial charge in [-0.15, -0.1) is 0 Å². The normalized spacial score (nSPS) is 12.1. The Bertz CT molecular complexity index is 1320. The maximum Gasteiger partial charge on any atom is 0.266 e. The molecule has 9 heteroatoms. The van der Waals surface area contributed by atoms with Gasteiger partial charge in [-0.1, -0.05) is 34.1 Å². The number of rotatable bonds is 7. The van der Waals surface area contributed by atoms with Gasteiger partial charge in [-0.2, -0.15) is 5.26 Å². The summed E-state index contributed by atoms with van der Waals surface area (Å²) in [4.78, 5) is 12.5. The van der Waals surface area contributed by atoms with Crippen molar-refractivity contribution in [3.8, 4) is 29.1 Å². The molecule has 172 valence electrons. The molecule has 0 aliphatic carbocycles. The molecular formula is C25H18BrFN2O5. The number of benzene rings is 3. The zero-order valence-electron chi connectivity index (χ0n) is 17.9. The van der Waals surface area contributed by atoms with Crippen LogP contribution in [0.15, 0.2) is 64.6 Å². The second-order valence-corrected chi connectivity index (χ2v) is 7.96. The Morgan fingerprint density at radius 3 is 2.74 bits per heavy atom. The molecule has 0 atom stereocenters. The van der Waals surface area contributed by atoms with Gasteiger partial charge in [0.15, 0.2) is 23.0 Å². The Balaban J connectivity index is 1.53. The molecule has 1 heterocycles. The van der Waals surface area contributed by atoms with E-state index < -0.39 is 11.7 Å². The maximum atomic E-state index is 13.8. The van der Waals surface area contributed by atoms with Crippen molar-refractivity contribution in [3.05, 3.63) is 81.6 Å². The Morgan fingerprint density at radius 1 is 1.18 bits per heavy atom. The zero-order chi connectivity index (χ0) is 24.1. The lowest BCUT2D eigenvalue weighted by Crippen LogP contribution is -2.14. The number of para-hydroxylation sites is 1. The molecule has 0 aromatic heterocycles. The maximum absolute atomic E-state index is 13.8. The first-order valence-corrected chi connectivity index (χ1v) is 10.8. The average Bonchev–Trinajstić information content (AvgIpc) is 3.31. The van der Waals surface area contributed by atoms with Crippen LogP contribution in [0.4, 0.5) is 10.1 Å². The van der Waals surface area contributed by atoms with Gasteiger partial charge in [0, 0.05) is 4.47 Å². The number of nitrogens with one attached hydrogen (secondary N) is 1. The minimum atomic E-state index is -0.735. The number of carbonyl (C=O) groups excluding carboxylic acids is 1. The van der Waals surface area contributed by atoms with E-state index in [0.29, 0.717) is 33.0 Å². The van der Waals surface area contributed by atoms with Gasteiger partial charge in [-0.05, 0) is 53.6 Å². The average molecular weight is 525 g/mol. The van der Waals surface area contributed by atoms with Gasteiger partial charge >= 0.3 is 0 Å². The van der Waals surface area contributed by atoms with Gasteiger partial charge in [0.2, 0.25) is 6.79 Å². The Labute approximate surface area is 203 Å². The van der Waals surface area contributed by atoms with E-state index in [-0.39, 0.29) is 24.7 Å². The fraction of sp³-hybridized carbons (Fsp3) is 0.120. The monoisotopic (exact) mass is 524 g/mol. The van der Waals surface area contributed by atoms with E-state index in [0.717, 1.165) is 5.56 Å². The summed E-state index contributed by atoms with van der Waals surface area (Å²) in [6, 6.07) is 16.4. The molecular weight excluding hydrogens is 507 g/mol. The van der Waals surface area contributed by atoms with Crippen LogP contribution in [0.1, 0.15) is 11.1 Å². The van der Waals surface area contributed by atoms with E-state index in [1.807, 2.05) is 24.3 Å². The minimum Gasteiger partial charge on any atom is -0.493 e. The van der Waals surface area contributed by atoms with Crippen molar-refractivity contribution >= 4 is 33.6 Å². The third-order valence-corrected chi connectivity index (χ3v) is 5.59. The van der Waals surface area contributed by atoms with Crippen molar-refractivity contribution in [2.45, 2.75) is 6.61 Å². The molecule has 1 aliphatic rings. The fourth-order valence-electron chi connectivity index (χ4n) is 3.18. The van der Waals surface area contributed by atoms with Crippen molar-refractivity contribution in [1.29, 1.82) is 5.26 Å². The summed E-state index contributed by atoms with van der Waals surface area (Å²) in [6.45, 7) is 0.446. The summed E-state index contributed by atoms with van der Waals surface area (Å²) in [7, 11) is 1.49. The number of anilines is 1. The quantitative estimate of drug-likeness (QED) is 0.326. The SMILES string of the molecule is COc1cc(/C=C(/C#N)C(=O)Nc2ccccc2F)c(Br)cc1OCc1ccc2c(c1)OCO2. The number of halogens is 2. The first-order chi connectivity index (χ1) is 16.5. The molecule has 3 aromatic rings. The molecule has 34 heavy (non-hydrogen) atoms. The largest absolute Gasteiger partial charge is 0.493 e. The van der Waals surface area contributed by atoms with Crippen LogP contribution in [0.25, 0.3) is 6.08 Å². The summed E-state index contributed by atoms with van der Waals surface area (Å²) < 4.78 is 36.5. The van der Waals surface area contributed by atoms with Crippen LogP contribution in [-0.2, 0) is 11.4 Å². The third-order valence-electron chi connectivity index (χ3n) is 4.90. The highest BCUT2D eigenvalue weighted by molar-refractivity contribution is 9.10. The molecule has 0 saturated carbocycles. The number of methoxy groups -OCH3 is 1. The van der Waals surface area contributed by atoms with Crippen LogP contribution in [0, 0.1) is 17.1 Å². The molecule has 0 spiro atoms. The first kappa shape index (κ1) is 23.1. The topological polar surface area (TPSA) is 89.8 Å². The van der Waals surface area contributed by atoms with E-state index in [1.165, 1.54) is 31.4 Å². The van der Waals surface area contributed by atoms with Crippen LogP contribution in [0.3, 0.4) is 0 Å².